The predicted molar refractivity (Wildman–Crippen MR) is 83.6 cm³/mol. The van der Waals surface area contributed by atoms with E-state index in [9.17, 15) is 0 Å². The molecule has 3 rings (SSSR count). The summed E-state index contributed by atoms with van der Waals surface area (Å²) >= 11 is 0. The minimum Gasteiger partial charge on any atom is -0.494 e. The van der Waals surface area contributed by atoms with Crippen LogP contribution in [0.5, 0.6) is 5.75 Å². The molecule has 0 amide bonds. The summed E-state index contributed by atoms with van der Waals surface area (Å²) in [5.41, 5.74) is 2.55. The Hall–Kier alpha value is -1.22. The van der Waals surface area contributed by atoms with Gasteiger partial charge < -0.3 is 15.0 Å². The molecule has 0 aromatic heterocycles. The number of piperidine rings is 1. The molecule has 2 saturated heterocycles. The Morgan fingerprint density at radius 2 is 1.95 bits per heavy atom. The van der Waals surface area contributed by atoms with Gasteiger partial charge in [0.1, 0.15) is 5.75 Å². The topological polar surface area (TPSA) is 24.5 Å². The molecule has 1 N–H and O–H groups in total. The molecule has 0 saturated carbocycles. The maximum Gasteiger partial charge on any atom is 0.119 e. The van der Waals surface area contributed by atoms with Crippen molar-refractivity contribution in [3.05, 3.63) is 23.8 Å². The molecule has 1 aromatic rings. The van der Waals surface area contributed by atoms with E-state index in [0.29, 0.717) is 6.04 Å². The van der Waals surface area contributed by atoms with E-state index in [1.807, 2.05) is 6.92 Å². The Kier molecular flexibility index (Phi) is 3.88. The maximum atomic E-state index is 5.56. The van der Waals surface area contributed by atoms with Gasteiger partial charge in [-0.1, -0.05) is 0 Å². The summed E-state index contributed by atoms with van der Waals surface area (Å²) in [6.45, 7) is 4.91. The van der Waals surface area contributed by atoms with Crippen molar-refractivity contribution in [1.82, 2.24) is 4.90 Å². The van der Waals surface area contributed by atoms with E-state index in [0.717, 1.165) is 24.4 Å². The van der Waals surface area contributed by atoms with Gasteiger partial charge in [0, 0.05) is 23.8 Å². The van der Waals surface area contributed by atoms with Crippen molar-refractivity contribution >= 4 is 5.69 Å². The predicted octanol–water partition coefficient (Wildman–Crippen LogP) is 3.43. The van der Waals surface area contributed by atoms with Crippen molar-refractivity contribution in [2.75, 3.05) is 19.0 Å². The number of anilines is 1. The third-order valence-electron chi connectivity index (χ3n) is 4.97. The summed E-state index contributed by atoms with van der Waals surface area (Å²) in [5, 5.41) is 3.76. The van der Waals surface area contributed by atoms with Crippen LogP contribution in [-0.4, -0.2) is 36.7 Å². The minimum absolute atomic E-state index is 0.625. The molecule has 3 nitrogen and oxygen atoms in total. The smallest absolute Gasteiger partial charge is 0.119 e. The lowest BCUT2D eigenvalue weighted by atomic mass is 9.97. The molecule has 2 heterocycles. The van der Waals surface area contributed by atoms with E-state index in [2.05, 4.69) is 42.4 Å². The number of hydrogen-bond acceptors (Lipinski definition) is 3. The van der Waals surface area contributed by atoms with Gasteiger partial charge in [0.25, 0.3) is 0 Å². The average molecular weight is 274 g/mol. The summed E-state index contributed by atoms with van der Waals surface area (Å²) in [5.74, 6) is 0.971. The van der Waals surface area contributed by atoms with Gasteiger partial charge in [-0.05, 0) is 70.3 Å². The van der Waals surface area contributed by atoms with Gasteiger partial charge in [0.15, 0.2) is 0 Å². The Labute approximate surface area is 122 Å². The van der Waals surface area contributed by atoms with Gasteiger partial charge in [-0.15, -0.1) is 0 Å². The monoisotopic (exact) mass is 274 g/mol. The van der Waals surface area contributed by atoms with Crippen LogP contribution in [0.15, 0.2) is 18.2 Å². The Morgan fingerprint density at radius 1 is 1.25 bits per heavy atom. The first-order valence-electron chi connectivity index (χ1n) is 7.89. The lowest BCUT2D eigenvalue weighted by molar-refractivity contribution is 0.169. The fourth-order valence-electron chi connectivity index (χ4n) is 3.80. The van der Waals surface area contributed by atoms with E-state index >= 15 is 0 Å². The lowest BCUT2D eigenvalue weighted by Gasteiger charge is -2.37. The third-order valence-corrected chi connectivity index (χ3v) is 4.97. The standard InChI is InChI=1S/C17H26N2O/c1-4-20-16-7-8-17(12(2)9-16)18-13-10-14-5-6-15(11-13)19(14)3/h7-9,13-15,18H,4-6,10-11H2,1-3H3. The quantitative estimate of drug-likeness (QED) is 0.910. The van der Waals surface area contributed by atoms with Crippen molar-refractivity contribution in [3.8, 4) is 5.75 Å². The molecular formula is C17H26N2O. The number of nitrogens with zero attached hydrogens (tertiary/aromatic N) is 1. The molecule has 2 unspecified atom stereocenters. The van der Waals surface area contributed by atoms with Gasteiger partial charge in [-0.3, -0.25) is 0 Å². The zero-order chi connectivity index (χ0) is 14.1. The molecule has 1 aromatic carbocycles. The van der Waals surface area contributed by atoms with Crippen molar-refractivity contribution in [1.29, 1.82) is 0 Å². The van der Waals surface area contributed by atoms with Crippen LogP contribution in [0.2, 0.25) is 0 Å². The van der Waals surface area contributed by atoms with Gasteiger partial charge in [-0.2, -0.15) is 0 Å². The molecule has 0 aliphatic carbocycles. The van der Waals surface area contributed by atoms with Crippen LogP contribution >= 0.6 is 0 Å². The van der Waals surface area contributed by atoms with E-state index < -0.39 is 0 Å². The number of rotatable bonds is 4. The molecule has 0 spiro atoms. The van der Waals surface area contributed by atoms with Gasteiger partial charge in [0.05, 0.1) is 6.61 Å². The number of benzene rings is 1. The largest absolute Gasteiger partial charge is 0.494 e. The van der Waals surface area contributed by atoms with Crippen molar-refractivity contribution < 1.29 is 4.74 Å². The fourth-order valence-corrected chi connectivity index (χ4v) is 3.80. The summed E-state index contributed by atoms with van der Waals surface area (Å²) < 4.78 is 5.56. The molecular weight excluding hydrogens is 248 g/mol. The van der Waals surface area contributed by atoms with E-state index in [1.165, 1.54) is 36.9 Å². The molecule has 2 atom stereocenters. The third kappa shape index (κ3) is 2.64. The van der Waals surface area contributed by atoms with Gasteiger partial charge in [-0.25, -0.2) is 0 Å². The molecule has 2 fully saturated rings. The summed E-state index contributed by atoms with van der Waals surface area (Å²) in [6, 6.07) is 8.57. The zero-order valence-corrected chi connectivity index (χ0v) is 12.9. The maximum absolute atomic E-state index is 5.56. The summed E-state index contributed by atoms with van der Waals surface area (Å²) in [4.78, 5) is 2.59. The van der Waals surface area contributed by atoms with Crippen LogP contribution in [0.1, 0.15) is 38.2 Å². The Balaban J connectivity index is 1.66. The second-order valence-electron chi connectivity index (χ2n) is 6.27. The molecule has 0 radical (unpaired) electrons. The summed E-state index contributed by atoms with van der Waals surface area (Å²) in [7, 11) is 2.29. The number of ether oxygens (including phenoxy) is 1. The number of nitrogens with one attached hydrogen (secondary N) is 1. The van der Waals surface area contributed by atoms with E-state index in [-0.39, 0.29) is 0 Å². The molecule has 2 aliphatic rings. The van der Waals surface area contributed by atoms with E-state index in [1.54, 1.807) is 0 Å². The molecule has 2 bridgehead atoms. The Bertz CT molecular complexity index is 460. The fraction of sp³-hybridized carbons (Fsp3) is 0.647. The molecule has 110 valence electrons. The second-order valence-corrected chi connectivity index (χ2v) is 6.27. The first-order chi connectivity index (χ1) is 9.67. The number of aryl methyl sites for hydroxylation is 1. The van der Waals surface area contributed by atoms with Crippen LogP contribution in [-0.2, 0) is 0 Å². The lowest BCUT2D eigenvalue weighted by Crippen LogP contribution is -2.44. The zero-order valence-electron chi connectivity index (χ0n) is 12.9. The Morgan fingerprint density at radius 3 is 2.55 bits per heavy atom. The number of hydrogen-bond donors (Lipinski definition) is 1. The normalized spacial score (nSPS) is 29.4. The van der Waals surface area contributed by atoms with Gasteiger partial charge in [0.2, 0.25) is 0 Å². The number of fused-ring (bicyclic) bond motifs is 2. The van der Waals surface area contributed by atoms with Crippen LogP contribution in [0.25, 0.3) is 0 Å². The first-order valence-corrected chi connectivity index (χ1v) is 7.89. The molecule has 3 heteroatoms. The molecule has 2 aliphatic heterocycles. The SMILES string of the molecule is CCOc1ccc(NC2CC3CCC(C2)N3C)c(C)c1. The van der Waals surface area contributed by atoms with Crippen LogP contribution in [0.4, 0.5) is 5.69 Å². The second kappa shape index (κ2) is 5.65. The highest BCUT2D eigenvalue weighted by molar-refractivity contribution is 5.54. The highest BCUT2D eigenvalue weighted by atomic mass is 16.5. The first kappa shape index (κ1) is 13.7. The van der Waals surface area contributed by atoms with Crippen LogP contribution < -0.4 is 10.1 Å². The average Bonchev–Trinajstić information content (AvgIpc) is 2.64. The highest BCUT2D eigenvalue weighted by Gasteiger charge is 2.38. The van der Waals surface area contributed by atoms with Crippen molar-refractivity contribution in [2.45, 2.75) is 57.7 Å². The van der Waals surface area contributed by atoms with E-state index in [4.69, 9.17) is 4.74 Å². The van der Waals surface area contributed by atoms with Crippen molar-refractivity contribution in [3.63, 3.8) is 0 Å². The minimum atomic E-state index is 0.625. The van der Waals surface area contributed by atoms with Crippen LogP contribution in [0.3, 0.4) is 0 Å². The van der Waals surface area contributed by atoms with Crippen molar-refractivity contribution in [2.24, 2.45) is 0 Å². The summed E-state index contributed by atoms with van der Waals surface area (Å²) in [6.07, 6.45) is 5.31. The highest BCUT2D eigenvalue weighted by Crippen LogP contribution is 2.36. The van der Waals surface area contributed by atoms with Crippen LogP contribution in [0, 0.1) is 6.92 Å². The van der Waals surface area contributed by atoms with Gasteiger partial charge >= 0.3 is 0 Å². The molecule has 20 heavy (non-hydrogen) atoms.